The first-order valence-electron chi connectivity index (χ1n) is 15.6. The summed E-state index contributed by atoms with van der Waals surface area (Å²) in [5.41, 5.74) is 0.785. The van der Waals surface area contributed by atoms with Crippen LogP contribution in [0.25, 0.3) is 0 Å². The summed E-state index contributed by atoms with van der Waals surface area (Å²) in [7, 11) is 0. The lowest BCUT2D eigenvalue weighted by molar-refractivity contribution is -0.246. The van der Waals surface area contributed by atoms with Gasteiger partial charge >= 0.3 is 0 Å². The van der Waals surface area contributed by atoms with Gasteiger partial charge in [-0.1, -0.05) is 65.0 Å². The molecule has 4 N–H and O–H groups in total. The third-order valence-corrected chi connectivity index (χ3v) is 13.4. The molecule has 0 spiro atoms. The van der Waals surface area contributed by atoms with Gasteiger partial charge in [0.05, 0.1) is 17.8 Å². The van der Waals surface area contributed by atoms with Crippen LogP contribution in [0.2, 0.25) is 0 Å². The summed E-state index contributed by atoms with van der Waals surface area (Å²) in [6, 6.07) is 10.5. The SMILES string of the molecule is CC1(C)C2CC[C@]3(C)C(C[C@@H](O)C4[C@@H]([C@@](C)(O)CCCNCc5ccccc5)CC[C@]43C)[C@@]2(C)CC[C@@H]1O. The van der Waals surface area contributed by atoms with Crippen molar-refractivity contribution in [1.29, 1.82) is 0 Å². The number of nitrogens with one attached hydrogen (secondary N) is 1. The molecule has 4 aliphatic rings. The Kier molecular flexibility index (Phi) is 7.41. The molecular formula is C34H55NO3. The van der Waals surface area contributed by atoms with Crippen LogP contribution >= 0.6 is 0 Å². The minimum absolute atomic E-state index is 0.0315. The van der Waals surface area contributed by atoms with E-state index in [9.17, 15) is 15.3 Å². The Morgan fingerprint density at radius 1 is 0.895 bits per heavy atom. The molecule has 0 bridgehead atoms. The number of hydrogen-bond acceptors (Lipinski definition) is 4. The summed E-state index contributed by atoms with van der Waals surface area (Å²) >= 11 is 0. The van der Waals surface area contributed by atoms with E-state index in [4.69, 9.17) is 0 Å². The van der Waals surface area contributed by atoms with Gasteiger partial charge in [0.1, 0.15) is 0 Å². The van der Waals surface area contributed by atoms with Crippen molar-refractivity contribution in [3.05, 3.63) is 35.9 Å². The fraction of sp³-hybridized carbons (Fsp3) is 0.824. The highest BCUT2D eigenvalue weighted by molar-refractivity contribution is 5.20. The topological polar surface area (TPSA) is 72.7 Å². The van der Waals surface area contributed by atoms with E-state index >= 15 is 0 Å². The van der Waals surface area contributed by atoms with Crippen molar-refractivity contribution >= 4 is 0 Å². The van der Waals surface area contributed by atoms with Crippen molar-refractivity contribution < 1.29 is 15.3 Å². The summed E-state index contributed by atoms with van der Waals surface area (Å²) < 4.78 is 0. The summed E-state index contributed by atoms with van der Waals surface area (Å²) in [4.78, 5) is 0. The molecule has 0 saturated heterocycles. The maximum Gasteiger partial charge on any atom is 0.0652 e. The molecule has 4 saturated carbocycles. The molecule has 4 nitrogen and oxygen atoms in total. The average Bonchev–Trinajstić information content (AvgIpc) is 3.25. The van der Waals surface area contributed by atoms with Gasteiger partial charge in [0.15, 0.2) is 0 Å². The van der Waals surface area contributed by atoms with Crippen LogP contribution in [0.5, 0.6) is 0 Å². The van der Waals surface area contributed by atoms with E-state index in [0.717, 1.165) is 58.0 Å². The predicted octanol–water partition coefficient (Wildman–Crippen LogP) is 6.32. The van der Waals surface area contributed by atoms with Gasteiger partial charge in [-0.15, -0.1) is 0 Å². The van der Waals surface area contributed by atoms with Crippen LogP contribution in [-0.2, 0) is 6.54 Å². The maximum absolute atomic E-state index is 11.9. The minimum atomic E-state index is -0.765. The predicted molar refractivity (Wildman–Crippen MR) is 154 cm³/mol. The molecular weight excluding hydrogens is 470 g/mol. The second-order valence-corrected chi connectivity index (χ2v) is 15.5. The van der Waals surface area contributed by atoms with E-state index in [-0.39, 0.29) is 45.7 Å². The zero-order valence-electron chi connectivity index (χ0n) is 25.0. The van der Waals surface area contributed by atoms with Crippen LogP contribution < -0.4 is 5.32 Å². The van der Waals surface area contributed by atoms with Gasteiger partial charge in [0.25, 0.3) is 0 Å². The van der Waals surface area contributed by atoms with Gasteiger partial charge < -0.3 is 20.6 Å². The summed E-state index contributed by atoms with van der Waals surface area (Å²) in [6.45, 7) is 15.9. The molecule has 3 unspecified atom stereocenters. The van der Waals surface area contributed by atoms with Crippen LogP contribution in [0.4, 0.5) is 0 Å². The summed E-state index contributed by atoms with van der Waals surface area (Å²) in [5.74, 6) is 1.25. The van der Waals surface area contributed by atoms with Gasteiger partial charge in [-0.05, 0) is 122 Å². The molecule has 4 heteroatoms. The molecule has 4 aliphatic carbocycles. The Morgan fingerprint density at radius 2 is 1.58 bits per heavy atom. The highest BCUT2D eigenvalue weighted by atomic mass is 16.3. The maximum atomic E-state index is 11.9. The smallest absolute Gasteiger partial charge is 0.0652 e. The first kappa shape index (κ1) is 28.6. The van der Waals surface area contributed by atoms with Crippen molar-refractivity contribution in [1.82, 2.24) is 5.32 Å². The molecule has 38 heavy (non-hydrogen) atoms. The van der Waals surface area contributed by atoms with Gasteiger partial charge in [0, 0.05) is 6.54 Å². The van der Waals surface area contributed by atoms with Crippen LogP contribution in [0.15, 0.2) is 30.3 Å². The third-order valence-electron chi connectivity index (χ3n) is 13.4. The number of aliphatic hydroxyl groups excluding tert-OH is 2. The average molecular weight is 526 g/mol. The number of aliphatic hydroxyl groups is 3. The molecule has 0 radical (unpaired) electrons. The molecule has 1 aromatic rings. The number of rotatable bonds is 7. The van der Waals surface area contributed by atoms with Crippen LogP contribution in [-0.4, -0.2) is 39.7 Å². The lowest BCUT2D eigenvalue weighted by Crippen LogP contribution is -2.66. The van der Waals surface area contributed by atoms with E-state index in [0.29, 0.717) is 11.8 Å². The van der Waals surface area contributed by atoms with Crippen LogP contribution in [0.1, 0.15) is 105 Å². The number of benzene rings is 1. The largest absolute Gasteiger partial charge is 0.393 e. The van der Waals surface area contributed by atoms with E-state index in [2.05, 4.69) is 64.2 Å². The minimum Gasteiger partial charge on any atom is -0.393 e. The molecule has 0 aliphatic heterocycles. The van der Waals surface area contributed by atoms with Crippen molar-refractivity contribution in [2.75, 3.05) is 6.54 Å². The third kappa shape index (κ3) is 4.32. The second kappa shape index (κ2) is 9.86. The molecule has 0 heterocycles. The first-order valence-corrected chi connectivity index (χ1v) is 15.6. The van der Waals surface area contributed by atoms with E-state index in [1.165, 1.54) is 18.4 Å². The van der Waals surface area contributed by atoms with Gasteiger partial charge in [-0.3, -0.25) is 0 Å². The molecule has 5 rings (SSSR count). The summed E-state index contributed by atoms with van der Waals surface area (Å²) in [5, 5.41) is 38.2. The Balaban J connectivity index is 1.30. The summed E-state index contributed by atoms with van der Waals surface area (Å²) in [6.07, 6.45) is 8.35. The van der Waals surface area contributed by atoms with Crippen LogP contribution in [0.3, 0.4) is 0 Å². The van der Waals surface area contributed by atoms with E-state index in [1.807, 2.05) is 13.0 Å². The first-order chi connectivity index (χ1) is 17.8. The molecule has 1 aromatic carbocycles. The zero-order chi connectivity index (χ0) is 27.6. The fourth-order valence-corrected chi connectivity index (χ4v) is 11.0. The number of hydrogen-bond donors (Lipinski definition) is 4. The normalized spacial score (nSPS) is 45.5. The lowest BCUT2D eigenvalue weighted by Gasteiger charge is -2.70. The van der Waals surface area contributed by atoms with Gasteiger partial charge in [-0.2, -0.15) is 0 Å². The van der Waals surface area contributed by atoms with Crippen molar-refractivity contribution in [2.24, 2.45) is 45.3 Å². The van der Waals surface area contributed by atoms with E-state index in [1.54, 1.807) is 0 Å². The Labute approximate surface area is 232 Å². The molecule has 4 fully saturated rings. The van der Waals surface area contributed by atoms with Crippen molar-refractivity contribution in [2.45, 2.75) is 124 Å². The second-order valence-electron chi connectivity index (χ2n) is 15.5. The Hall–Kier alpha value is -0.940. The molecule has 214 valence electrons. The Bertz CT molecular complexity index is 977. The van der Waals surface area contributed by atoms with Crippen molar-refractivity contribution in [3.63, 3.8) is 0 Å². The van der Waals surface area contributed by atoms with E-state index < -0.39 is 5.60 Å². The van der Waals surface area contributed by atoms with Crippen molar-refractivity contribution in [3.8, 4) is 0 Å². The van der Waals surface area contributed by atoms with Crippen LogP contribution in [0, 0.1) is 45.3 Å². The standard InChI is InChI=1S/C34H55NO3/c1-30(2)26-14-19-32(4)27(31(26,3)17-15-28(30)37)21-25(36)29-24(13-18-33(29,32)5)34(6,38)16-10-20-35-22-23-11-8-7-9-12-23/h7-9,11-12,24-29,35-38H,10,13-22H2,1-6H3/t24-,25+,26?,27?,28-,29?,31-,32+,33+,34-/m0/s1. The number of fused-ring (bicyclic) bond motifs is 5. The highest BCUT2D eigenvalue weighted by Gasteiger charge is 2.71. The monoisotopic (exact) mass is 525 g/mol. The molecule has 0 aromatic heterocycles. The highest BCUT2D eigenvalue weighted by Crippen LogP contribution is 2.75. The van der Waals surface area contributed by atoms with Gasteiger partial charge in [0.2, 0.25) is 0 Å². The fourth-order valence-electron chi connectivity index (χ4n) is 11.0. The zero-order valence-corrected chi connectivity index (χ0v) is 25.0. The van der Waals surface area contributed by atoms with Gasteiger partial charge in [-0.25, -0.2) is 0 Å². The molecule has 10 atom stereocenters. The Morgan fingerprint density at radius 3 is 2.29 bits per heavy atom. The lowest BCUT2D eigenvalue weighted by atomic mass is 9.35. The molecule has 0 amide bonds. The quantitative estimate of drug-likeness (QED) is 0.314.